The van der Waals surface area contributed by atoms with Crippen molar-refractivity contribution >= 4 is 5.78 Å². The standard InChI is InChI=1S/C11H18O2/c1-10(2)5-8(6-12)9(13)11(3,4)7-10/h6,12H,5,7H2,1-4H3. The monoisotopic (exact) mass is 182 g/mol. The van der Waals surface area contributed by atoms with Crippen molar-refractivity contribution in [3.8, 4) is 0 Å². The number of allylic oxidation sites excluding steroid dienone is 1. The van der Waals surface area contributed by atoms with Crippen LogP contribution in [0.15, 0.2) is 11.8 Å². The summed E-state index contributed by atoms with van der Waals surface area (Å²) in [5.41, 5.74) is 0.365. The Hall–Kier alpha value is -0.790. The van der Waals surface area contributed by atoms with Crippen molar-refractivity contribution in [3.63, 3.8) is 0 Å². The second-order valence-electron chi connectivity index (χ2n) is 5.39. The van der Waals surface area contributed by atoms with E-state index >= 15 is 0 Å². The van der Waals surface area contributed by atoms with Crippen molar-refractivity contribution < 1.29 is 9.90 Å². The Morgan fingerprint density at radius 3 is 2.31 bits per heavy atom. The normalized spacial score (nSPS) is 29.2. The molecule has 0 unspecified atom stereocenters. The summed E-state index contributed by atoms with van der Waals surface area (Å²) in [6.45, 7) is 8.15. The summed E-state index contributed by atoms with van der Waals surface area (Å²) in [6.07, 6.45) is 2.55. The van der Waals surface area contributed by atoms with E-state index in [0.29, 0.717) is 12.0 Å². The van der Waals surface area contributed by atoms with E-state index in [2.05, 4.69) is 13.8 Å². The van der Waals surface area contributed by atoms with Gasteiger partial charge >= 0.3 is 0 Å². The van der Waals surface area contributed by atoms with Crippen LogP contribution >= 0.6 is 0 Å². The molecule has 0 aromatic carbocycles. The summed E-state index contributed by atoms with van der Waals surface area (Å²) in [4.78, 5) is 11.7. The number of ketones is 1. The molecule has 2 nitrogen and oxygen atoms in total. The van der Waals surface area contributed by atoms with Crippen molar-refractivity contribution in [2.24, 2.45) is 10.8 Å². The third-order valence-corrected chi connectivity index (χ3v) is 2.65. The maximum absolute atomic E-state index is 11.7. The van der Waals surface area contributed by atoms with Crippen LogP contribution in [0.25, 0.3) is 0 Å². The highest BCUT2D eigenvalue weighted by atomic mass is 16.2. The first-order valence-electron chi connectivity index (χ1n) is 4.67. The zero-order valence-corrected chi connectivity index (χ0v) is 8.85. The largest absolute Gasteiger partial charge is 0.515 e. The fraction of sp³-hybridized carbons (Fsp3) is 0.727. The van der Waals surface area contributed by atoms with E-state index in [0.717, 1.165) is 12.7 Å². The summed E-state index contributed by atoms with van der Waals surface area (Å²) in [6, 6.07) is 0. The maximum Gasteiger partial charge on any atom is 0.167 e. The average molecular weight is 182 g/mol. The number of carbonyl (C=O) groups is 1. The highest BCUT2D eigenvalue weighted by Gasteiger charge is 2.42. The second-order valence-corrected chi connectivity index (χ2v) is 5.39. The summed E-state index contributed by atoms with van der Waals surface area (Å²) >= 11 is 0. The lowest BCUT2D eigenvalue weighted by molar-refractivity contribution is -0.127. The molecule has 1 rings (SSSR count). The first-order valence-corrected chi connectivity index (χ1v) is 4.67. The van der Waals surface area contributed by atoms with E-state index in [1.165, 1.54) is 0 Å². The topological polar surface area (TPSA) is 37.3 Å². The molecule has 0 aliphatic heterocycles. The molecule has 0 spiro atoms. The Bertz CT molecular complexity index is 259. The Morgan fingerprint density at radius 1 is 1.31 bits per heavy atom. The molecule has 74 valence electrons. The SMILES string of the molecule is CC1(C)CC(=CO)C(=O)C(C)(C)C1. The predicted molar refractivity (Wildman–Crippen MR) is 52.5 cm³/mol. The van der Waals surface area contributed by atoms with E-state index in [1.54, 1.807) is 0 Å². The van der Waals surface area contributed by atoms with Gasteiger partial charge in [-0.3, -0.25) is 4.79 Å². The van der Waals surface area contributed by atoms with E-state index in [-0.39, 0.29) is 16.6 Å². The molecule has 1 N–H and O–H groups in total. The van der Waals surface area contributed by atoms with Crippen molar-refractivity contribution in [2.45, 2.75) is 40.5 Å². The van der Waals surface area contributed by atoms with Gasteiger partial charge in [-0.2, -0.15) is 0 Å². The number of rotatable bonds is 0. The number of Topliss-reactive ketones (excluding diaryl/α,β-unsaturated/α-hetero) is 1. The van der Waals surface area contributed by atoms with Gasteiger partial charge in [-0.05, 0) is 18.3 Å². The van der Waals surface area contributed by atoms with Crippen molar-refractivity contribution in [1.29, 1.82) is 0 Å². The lowest BCUT2D eigenvalue weighted by Gasteiger charge is -2.40. The van der Waals surface area contributed by atoms with Gasteiger partial charge < -0.3 is 5.11 Å². The van der Waals surface area contributed by atoms with Gasteiger partial charge in [0.15, 0.2) is 5.78 Å². The molecule has 0 bridgehead atoms. The Kier molecular flexibility index (Phi) is 2.27. The Labute approximate surface area is 79.6 Å². The zero-order chi connectivity index (χ0) is 10.3. The first kappa shape index (κ1) is 10.3. The van der Waals surface area contributed by atoms with Crippen LogP contribution in [0.2, 0.25) is 0 Å². The summed E-state index contributed by atoms with van der Waals surface area (Å²) in [5.74, 6) is 0.0920. The van der Waals surface area contributed by atoms with E-state index in [4.69, 9.17) is 5.11 Å². The molecule has 1 saturated carbocycles. The number of aliphatic hydroxyl groups is 1. The van der Waals surface area contributed by atoms with Crippen molar-refractivity contribution in [2.75, 3.05) is 0 Å². The maximum atomic E-state index is 11.7. The van der Waals surface area contributed by atoms with E-state index < -0.39 is 0 Å². The molecule has 0 aromatic heterocycles. The number of aliphatic hydroxyl groups excluding tert-OH is 1. The van der Waals surface area contributed by atoms with Crippen LogP contribution in [0.4, 0.5) is 0 Å². The van der Waals surface area contributed by atoms with Gasteiger partial charge in [0.2, 0.25) is 0 Å². The molecule has 0 heterocycles. The molecule has 0 amide bonds. The van der Waals surface area contributed by atoms with Crippen LogP contribution in [-0.4, -0.2) is 10.9 Å². The summed E-state index contributed by atoms with van der Waals surface area (Å²) < 4.78 is 0. The van der Waals surface area contributed by atoms with Gasteiger partial charge in [-0.25, -0.2) is 0 Å². The van der Waals surface area contributed by atoms with Crippen LogP contribution in [0.3, 0.4) is 0 Å². The molecule has 0 saturated heterocycles. The Morgan fingerprint density at radius 2 is 1.85 bits per heavy atom. The van der Waals surface area contributed by atoms with Gasteiger partial charge in [0.1, 0.15) is 0 Å². The third kappa shape index (κ3) is 1.93. The lowest BCUT2D eigenvalue weighted by Crippen LogP contribution is -2.38. The molecular weight excluding hydrogens is 164 g/mol. The molecule has 13 heavy (non-hydrogen) atoms. The molecule has 2 heteroatoms. The molecule has 0 radical (unpaired) electrons. The third-order valence-electron chi connectivity index (χ3n) is 2.65. The van der Waals surface area contributed by atoms with Gasteiger partial charge in [0.05, 0.1) is 6.26 Å². The van der Waals surface area contributed by atoms with Gasteiger partial charge in [0.25, 0.3) is 0 Å². The average Bonchev–Trinajstić information content (AvgIpc) is 1.95. The van der Waals surface area contributed by atoms with Crippen LogP contribution in [0.5, 0.6) is 0 Å². The number of carbonyl (C=O) groups excluding carboxylic acids is 1. The van der Waals surface area contributed by atoms with Crippen LogP contribution < -0.4 is 0 Å². The summed E-state index contributed by atoms with van der Waals surface area (Å²) in [5, 5.41) is 8.94. The number of hydrogen-bond acceptors (Lipinski definition) is 2. The molecule has 1 aliphatic carbocycles. The Balaban J connectivity index is 3.02. The minimum absolute atomic E-state index is 0.0920. The fourth-order valence-electron chi connectivity index (χ4n) is 2.47. The second kappa shape index (κ2) is 2.86. The highest BCUT2D eigenvalue weighted by molar-refractivity contribution is 6.00. The molecule has 0 aromatic rings. The molecular formula is C11H18O2. The molecule has 1 fully saturated rings. The van der Waals surface area contributed by atoms with Crippen LogP contribution in [0.1, 0.15) is 40.5 Å². The van der Waals surface area contributed by atoms with Gasteiger partial charge in [-0.1, -0.05) is 27.7 Å². The van der Waals surface area contributed by atoms with Crippen LogP contribution in [0, 0.1) is 10.8 Å². The van der Waals surface area contributed by atoms with E-state index in [1.807, 2.05) is 13.8 Å². The smallest absolute Gasteiger partial charge is 0.167 e. The number of hydrogen-bond donors (Lipinski definition) is 1. The minimum Gasteiger partial charge on any atom is -0.515 e. The van der Waals surface area contributed by atoms with Crippen LogP contribution in [-0.2, 0) is 4.79 Å². The molecule has 1 aliphatic rings. The fourth-order valence-corrected chi connectivity index (χ4v) is 2.47. The summed E-state index contributed by atoms with van der Waals surface area (Å²) in [7, 11) is 0. The minimum atomic E-state index is -0.323. The van der Waals surface area contributed by atoms with Gasteiger partial charge in [0, 0.05) is 11.0 Å². The van der Waals surface area contributed by atoms with Crippen molar-refractivity contribution in [1.82, 2.24) is 0 Å². The quantitative estimate of drug-likeness (QED) is 0.462. The highest BCUT2D eigenvalue weighted by Crippen LogP contribution is 2.45. The van der Waals surface area contributed by atoms with Gasteiger partial charge in [-0.15, -0.1) is 0 Å². The van der Waals surface area contributed by atoms with Crippen molar-refractivity contribution in [3.05, 3.63) is 11.8 Å². The van der Waals surface area contributed by atoms with E-state index in [9.17, 15) is 4.79 Å². The zero-order valence-electron chi connectivity index (χ0n) is 8.85. The first-order chi connectivity index (χ1) is 5.78. The molecule has 0 atom stereocenters. The lowest BCUT2D eigenvalue weighted by atomic mass is 9.63. The predicted octanol–water partition coefficient (Wildman–Crippen LogP) is 2.84.